The molecule has 146 valence electrons. The molecule has 0 radical (unpaired) electrons. The van der Waals surface area contributed by atoms with Crippen LogP contribution in [0, 0.1) is 6.92 Å². The first kappa shape index (κ1) is 19.2. The maximum Gasteiger partial charge on any atom is 0.241 e. The highest BCUT2D eigenvalue weighted by Gasteiger charge is 2.20. The van der Waals surface area contributed by atoms with Gasteiger partial charge in [0.05, 0.1) is 15.6 Å². The third-order valence-corrected chi connectivity index (χ3v) is 7.16. The van der Waals surface area contributed by atoms with Crippen molar-refractivity contribution < 1.29 is 17.9 Å². The van der Waals surface area contributed by atoms with Crippen LogP contribution < -0.4 is 14.2 Å². The topological polar surface area (TPSA) is 77.5 Å². The normalized spacial score (nSPS) is 13.5. The molecule has 1 aromatic heterocycles. The van der Waals surface area contributed by atoms with Crippen molar-refractivity contribution in [1.29, 1.82) is 0 Å². The predicted octanol–water partition coefficient (Wildman–Crippen LogP) is 4.02. The van der Waals surface area contributed by atoms with Crippen molar-refractivity contribution in [3.8, 4) is 22.1 Å². The fourth-order valence-electron chi connectivity index (χ4n) is 2.78. The number of benzene rings is 2. The second kappa shape index (κ2) is 7.71. The van der Waals surface area contributed by atoms with Gasteiger partial charge in [0.25, 0.3) is 0 Å². The molecule has 1 N–H and O–H groups in total. The zero-order valence-corrected chi connectivity index (χ0v) is 17.3. The van der Waals surface area contributed by atoms with Crippen LogP contribution in [0.3, 0.4) is 0 Å². The lowest BCUT2D eigenvalue weighted by molar-refractivity contribution is 0.171. The summed E-state index contributed by atoms with van der Waals surface area (Å²) < 4.78 is 38.9. The Morgan fingerprint density at radius 2 is 1.89 bits per heavy atom. The minimum atomic E-state index is -3.70. The van der Waals surface area contributed by atoms with Crippen molar-refractivity contribution in [3.63, 3.8) is 0 Å². The van der Waals surface area contributed by atoms with Crippen molar-refractivity contribution in [1.82, 2.24) is 9.71 Å². The molecule has 0 saturated heterocycles. The van der Waals surface area contributed by atoms with E-state index in [4.69, 9.17) is 21.1 Å². The van der Waals surface area contributed by atoms with Gasteiger partial charge < -0.3 is 9.47 Å². The number of rotatable bonds is 5. The molecule has 0 aliphatic carbocycles. The third-order valence-electron chi connectivity index (χ3n) is 4.24. The second-order valence-corrected chi connectivity index (χ2v) is 9.40. The molecule has 4 rings (SSSR count). The van der Waals surface area contributed by atoms with Crippen LogP contribution in [-0.4, -0.2) is 26.6 Å². The number of halogens is 1. The van der Waals surface area contributed by atoms with E-state index < -0.39 is 10.0 Å². The highest BCUT2D eigenvalue weighted by atomic mass is 35.5. The number of nitrogens with zero attached hydrogens (tertiary/aromatic N) is 1. The van der Waals surface area contributed by atoms with Gasteiger partial charge in [0.1, 0.15) is 18.2 Å². The number of aromatic nitrogens is 1. The average molecular weight is 437 g/mol. The highest BCUT2D eigenvalue weighted by molar-refractivity contribution is 7.89. The van der Waals surface area contributed by atoms with Gasteiger partial charge in [-0.05, 0) is 25.1 Å². The molecule has 1 aliphatic rings. The summed E-state index contributed by atoms with van der Waals surface area (Å²) in [5, 5.41) is 1.37. The molecule has 2 heterocycles. The maximum atomic E-state index is 12.7. The van der Waals surface area contributed by atoms with E-state index in [9.17, 15) is 8.42 Å². The van der Waals surface area contributed by atoms with Crippen molar-refractivity contribution in [2.24, 2.45) is 0 Å². The van der Waals surface area contributed by atoms with Crippen LogP contribution in [-0.2, 0) is 16.6 Å². The minimum Gasteiger partial charge on any atom is -0.486 e. The first-order valence-corrected chi connectivity index (χ1v) is 11.2. The Balaban J connectivity index is 1.53. The summed E-state index contributed by atoms with van der Waals surface area (Å²) in [5.41, 5.74) is 1.60. The molecule has 3 aromatic rings. The van der Waals surface area contributed by atoms with E-state index in [0.717, 1.165) is 21.1 Å². The van der Waals surface area contributed by atoms with Crippen molar-refractivity contribution in [2.75, 3.05) is 13.2 Å². The number of aryl methyl sites for hydroxylation is 1. The van der Waals surface area contributed by atoms with E-state index in [-0.39, 0.29) is 11.4 Å². The Bertz CT molecular complexity index is 1130. The smallest absolute Gasteiger partial charge is 0.241 e. The van der Waals surface area contributed by atoms with E-state index in [1.54, 1.807) is 12.1 Å². The van der Waals surface area contributed by atoms with Crippen molar-refractivity contribution >= 4 is 33.0 Å². The fourth-order valence-corrected chi connectivity index (χ4v) is 5.20. The van der Waals surface area contributed by atoms with Crippen LogP contribution in [0.25, 0.3) is 10.6 Å². The lowest BCUT2D eigenvalue weighted by Crippen LogP contribution is -2.23. The second-order valence-electron chi connectivity index (χ2n) is 6.14. The first-order chi connectivity index (χ1) is 13.4. The predicted molar refractivity (Wildman–Crippen MR) is 109 cm³/mol. The summed E-state index contributed by atoms with van der Waals surface area (Å²) in [6.45, 7) is 2.85. The largest absolute Gasteiger partial charge is 0.486 e. The fraction of sp³-hybridized carbons (Fsp3) is 0.211. The maximum absolute atomic E-state index is 12.7. The number of sulfonamides is 1. The quantitative estimate of drug-likeness (QED) is 0.653. The number of hydrogen-bond acceptors (Lipinski definition) is 6. The van der Waals surface area contributed by atoms with Gasteiger partial charge in [-0.3, -0.25) is 0 Å². The molecule has 0 atom stereocenters. The number of ether oxygens (including phenoxy) is 2. The summed E-state index contributed by atoms with van der Waals surface area (Å²) in [7, 11) is -3.70. The molecule has 1 aliphatic heterocycles. The third kappa shape index (κ3) is 3.86. The molecular weight excluding hydrogens is 420 g/mol. The van der Waals surface area contributed by atoms with Crippen LogP contribution in [0.5, 0.6) is 11.5 Å². The Morgan fingerprint density at radius 3 is 2.68 bits per heavy atom. The Labute approximate surface area is 172 Å². The lowest BCUT2D eigenvalue weighted by Gasteiger charge is -2.18. The number of fused-ring (bicyclic) bond motifs is 1. The van der Waals surface area contributed by atoms with Crippen molar-refractivity contribution in [2.45, 2.75) is 18.4 Å². The van der Waals surface area contributed by atoms with Gasteiger partial charge in [0.2, 0.25) is 10.0 Å². The first-order valence-electron chi connectivity index (χ1n) is 8.54. The summed E-state index contributed by atoms with van der Waals surface area (Å²) >= 11 is 7.66. The Kier molecular flexibility index (Phi) is 5.29. The highest BCUT2D eigenvalue weighted by Crippen LogP contribution is 2.34. The van der Waals surface area contributed by atoms with Crippen LogP contribution in [0.15, 0.2) is 47.4 Å². The molecule has 0 amide bonds. The van der Waals surface area contributed by atoms with Gasteiger partial charge in [-0.15, -0.1) is 11.3 Å². The van der Waals surface area contributed by atoms with Gasteiger partial charge in [-0.2, -0.15) is 0 Å². The molecule has 2 aromatic carbocycles. The van der Waals surface area contributed by atoms with Gasteiger partial charge >= 0.3 is 0 Å². The molecule has 0 spiro atoms. The Hall–Kier alpha value is -2.13. The van der Waals surface area contributed by atoms with Crippen molar-refractivity contribution in [3.05, 3.63) is 58.1 Å². The lowest BCUT2D eigenvalue weighted by atomic mass is 10.2. The average Bonchev–Trinajstić information content (AvgIpc) is 3.07. The zero-order valence-electron chi connectivity index (χ0n) is 14.9. The SMILES string of the molecule is Cc1nc(-c2ccccc2Cl)sc1CNS(=O)(=O)c1ccc2c(c1)OCCO2. The Morgan fingerprint density at radius 1 is 1.14 bits per heavy atom. The van der Waals surface area contributed by atoms with E-state index in [1.165, 1.54) is 23.5 Å². The molecule has 0 unspecified atom stereocenters. The molecule has 6 nitrogen and oxygen atoms in total. The number of thiazole rings is 1. The number of hydrogen-bond donors (Lipinski definition) is 1. The monoisotopic (exact) mass is 436 g/mol. The van der Waals surface area contributed by atoms with Gasteiger partial charge in [0.15, 0.2) is 11.5 Å². The summed E-state index contributed by atoms with van der Waals surface area (Å²) in [4.78, 5) is 5.50. The van der Waals surface area contributed by atoms with Crippen LogP contribution >= 0.6 is 22.9 Å². The number of nitrogens with one attached hydrogen (secondary N) is 1. The molecule has 0 bridgehead atoms. The molecule has 28 heavy (non-hydrogen) atoms. The van der Waals surface area contributed by atoms with Crippen LogP contribution in [0.4, 0.5) is 0 Å². The molecule has 9 heteroatoms. The molecular formula is C19H17ClN2O4S2. The molecule has 0 fully saturated rings. The van der Waals surface area contributed by atoms with Crippen LogP contribution in [0.2, 0.25) is 5.02 Å². The van der Waals surface area contributed by atoms with Crippen LogP contribution in [0.1, 0.15) is 10.6 Å². The van der Waals surface area contributed by atoms with E-state index in [0.29, 0.717) is 29.7 Å². The molecule has 0 saturated carbocycles. The van der Waals surface area contributed by atoms with Gasteiger partial charge in [0, 0.05) is 23.1 Å². The summed E-state index contributed by atoms with van der Waals surface area (Å²) in [6, 6.07) is 12.0. The van der Waals surface area contributed by atoms with Gasteiger partial charge in [-0.25, -0.2) is 18.1 Å². The van der Waals surface area contributed by atoms with Gasteiger partial charge in [-0.1, -0.05) is 29.8 Å². The van der Waals surface area contributed by atoms with E-state index >= 15 is 0 Å². The zero-order chi connectivity index (χ0) is 19.7. The van der Waals surface area contributed by atoms with E-state index in [1.807, 2.05) is 25.1 Å². The van der Waals surface area contributed by atoms with E-state index in [2.05, 4.69) is 9.71 Å². The minimum absolute atomic E-state index is 0.130. The summed E-state index contributed by atoms with van der Waals surface area (Å²) in [5.74, 6) is 0.983. The summed E-state index contributed by atoms with van der Waals surface area (Å²) in [6.07, 6.45) is 0. The standard InChI is InChI=1S/C19H17ClN2O4S2/c1-12-18(27-19(22-12)14-4-2-3-5-15(14)20)11-21-28(23,24)13-6-7-16-17(10-13)26-9-8-25-16/h2-7,10,21H,8-9,11H2,1H3.